The summed E-state index contributed by atoms with van der Waals surface area (Å²) in [6, 6.07) is 13.7. The molecule has 4 rings (SSSR count). The fraction of sp³-hybridized carbons (Fsp3) is 0.462. The topological polar surface area (TPSA) is 65.1 Å². The first kappa shape index (κ1) is 23.4. The van der Waals surface area contributed by atoms with Crippen LogP contribution >= 0.6 is 11.6 Å². The zero-order valence-corrected chi connectivity index (χ0v) is 19.9. The van der Waals surface area contributed by atoms with E-state index in [-0.39, 0.29) is 30.3 Å². The average Bonchev–Trinajstić information content (AvgIpc) is 2.87. The van der Waals surface area contributed by atoms with Crippen LogP contribution < -0.4 is 9.47 Å². The number of rotatable bonds is 6. The summed E-state index contributed by atoms with van der Waals surface area (Å²) in [5, 5.41) is 0. The van der Waals surface area contributed by atoms with Gasteiger partial charge in [-0.05, 0) is 60.9 Å². The number of carbonyl (C=O) groups is 2. The second-order valence-electron chi connectivity index (χ2n) is 8.69. The molecule has 0 N–H and O–H groups in total. The zero-order valence-electron chi connectivity index (χ0n) is 19.1. The normalized spacial score (nSPS) is 21.9. The van der Waals surface area contributed by atoms with Crippen molar-refractivity contribution in [2.24, 2.45) is 5.92 Å². The van der Waals surface area contributed by atoms with E-state index in [1.165, 1.54) is 0 Å². The van der Waals surface area contributed by atoms with Gasteiger partial charge >= 0.3 is 5.97 Å². The number of ether oxygens (including phenoxy) is 3. The van der Waals surface area contributed by atoms with Gasteiger partial charge in [0.2, 0.25) is 5.91 Å². The molecule has 0 atom stereocenters. The molecule has 1 fully saturated rings. The van der Waals surface area contributed by atoms with Crippen LogP contribution in [0.25, 0.3) is 0 Å². The second kappa shape index (κ2) is 10.0. The third-order valence-electron chi connectivity index (χ3n) is 7.02. The maximum atomic E-state index is 12.8. The predicted molar refractivity (Wildman–Crippen MR) is 126 cm³/mol. The van der Waals surface area contributed by atoms with Crippen molar-refractivity contribution in [3.05, 3.63) is 59.2 Å². The number of methoxy groups -OCH3 is 2. The van der Waals surface area contributed by atoms with Gasteiger partial charge < -0.3 is 19.1 Å². The van der Waals surface area contributed by atoms with Crippen molar-refractivity contribution < 1.29 is 23.8 Å². The van der Waals surface area contributed by atoms with Gasteiger partial charge in [0.15, 0.2) is 11.5 Å². The molecule has 1 heterocycles. The van der Waals surface area contributed by atoms with Gasteiger partial charge in [0.05, 0.1) is 25.7 Å². The molecule has 1 aliphatic heterocycles. The van der Waals surface area contributed by atoms with Gasteiger partial charge in [0, 0.05) is 6.54 Å². The lowest BCUT2D eigenvalue weighted by molar-refractivity contribution is -0.153. The van der Waals surface area contributed by atoms with Crippen molar-refractivity contribution >= 4 is 23.5 Å². The number of hydrogen-bond acceptors (Lipinski definition) is 5. The summed E-state index contributed by atoms with van der Waals surface area (Å²) in [7, 11) is 3.24. The highest BCUT2D eigenvalue weighted by Gasteiger charge is 2.48. The monoisotopic (exact) mass is 471 g/mol. The van der Waals surface area contributed by atoms with Gasteiger partial charge in [-0.15, -0.1) is 11.6 Å². The van der Waals surface area contributed by atoms with Crippen LogP contribution in [0.15, 0.2) is 42.5 Å². The van der Waals surface area contributed by atoms with Crippen LogP contribution in [0.2, 0.25) is 0 Å². The minimum atomic E-state index is -0.505. The number of nitrogens with zero attached hydrogens (tertiary/aromatic N) is 1. The first-order valence-electron chi connectivity index (χ1n) is 11.3. The van der Waals surface area contributed by atoms with Crippen molar-refractivity contribution in [2.45, 2.75) is 44.2 Å². The van der Waals surface area contributed by atoms with Gasteiger partial charge in [0.1, 0.15) is 12.5 Å². The van der Waals surface area contributed by atoms with Crippen molar-refractivity contribution in [1.29, 1.82) is 0 Å². The van der Waals surface area contributed by atoms with E-state index < -0.39 is 5.54 Å². The standard InChI is InChI=1S/C26H30ClNO5/c1-31-22-14-20-10-13-28(24(29)16-27)26(21(20)15-23(22)32-2)11-8-19(9-12-26)25(30)33-17-18-6-4-3-5-7-18/h3-7,14-15,19H,8-13,16-17H2,1-2H3/t19-,26-. The van der Waals surface area contributed by atoms with Crippen LogP contribution in [-0.2, 0) is 32.9 Å². The maximum absolute atomic E-state index is 12.8. The molecule has 1 amide bonds. The van der Waals surface area contributed by atoms with E-state index in [0.29, 0.717) is 43.7 Å². The van der Waals surface area contributed by atoms with E-state index in [4.69, 9.17) is 25.8 Å². The molecule has 0 radical (unpaired) electrons. The Hall–Kier alpha value is -2.73. The molecule has 1 aliphatic carbocycles. The molecule has 0 bridgehead atoms. The summed E-state index contributed by atoms with van der Waals surface area (Å²) in [4.78, 5) is 27.5. The van der Waals surface area contributed by atoms with Crippen molar-refractivity contribution in [3.8, 4) is 11.5 Å². The quantitative estimate of drug-likeness (QED) is 0.460. The molecule has 7 heteroatoms. The number of hydrogen-bond donors (Lipinski definition) is 0. The van der Waals surface area contributed by atoms with E-state index in [2.05, 4.69) is 0 Å². The number of alkyl halides is 1. The van der Waals surface area contributed by atoms with Crippen LogP contribution in [0.3, 0.4) is 0 Å². The van der Waals surface area contributed by atoms with E-state index in [9.17, 15) is 9.59 Å². The summed E-state index contributed by atoms with van der Waals surface area (Å²) in [5.41, 5.74) is 2.69. The fourth-order valence-corrected chi connectivity index (χ4v) is 5.45. The summed E-state index contributed by atoms with van der Waals surface area (Å²) in [6.07, 6.45) is 3.36. The van der Waals surface area contributed by atoms with Crippen molar-refractivity contribution in [2.75, 3.05) is 26.6 Å². The SMILES string of the molecule is COc1cc2c(cc1OC)[C@]1(CC[C@@H](C(=O)OCc3ccccc3)CC1)N(C(=O)CCl)CC2. The lowest BCUT2D eigenvalue weighted by Gasteiger charge is -2.51. The molecular weight excluding hydrogens is 442 g/mol. The number of esters is 1. The number of amides is 1. The van der Waals surface area contributed by atoms with Crippen LogP contribution in [0, 0.1) is 5.92 Å². The molecule has 2 aromatic carbocycles. The number of halogens is 1. The Bertz CT molecular complexity index is 1000. The molecule has 1 saturated carbocycles. The van der Waals surface area contributed by atoms with Gasteiger partial charge in [-0.2, -0.15) is 0 Å². The van der Waals surface area contributed by atoms with Gasteiger partial charge in [-0.3, -0.25) is 9.59 Å². The minimum absolute atomic E-state index is 0.0626. The summed E-state index contributed by atoms with van der Waals surface area (Å²) >= 11 is 5.99. The Morgan fingerprint density at radius 2 is 1.73 bits per heavy atom. The summed E-state index contributed by atoms with van der Waals surface area (Å²) < 4.78 is 16.7. The number of fused-ring (bicyclic) bond motifs is 2. The second-order valence-corrected chi connectivity index (χ2v) is 8.96. The first-order valence-corrected chi connectivity index (χ1v) is 11.9. The van der Waals surface area contributed by atoms with Gasteiger partial charge in [0.25, 0.3) is 0 Å². The largest absolute Gasteiger partial charge is 0.493 e. The molecule has 0 aromatic heterocycles. The van der Waals surface area contributed by atoms with Crippen molar-refractivity contribution in [1.82, 2.24) is 4.90 Å². The molecule has 2 aliphatic rings. The Morgan fingerprint density at radius 3 is 2.36 bits per heavy atom. The molecule has 2 aromatic rings. The molecule has 176 valence electrons. The van der Waals surface area contributed by atoms with E-state index in [0.717, 1.165) is 23.1 Å². The third kappa shape index (κ3) is 4.54. The van der Waals surface area contributed by atoms with Gasteiger partial charge in [-0.25, -0.2) is 0 Å². The average molecular weight is 472 g/mol. The van der Waals surface area contributed by atoms with E-state index in [1.807, 2.05) is 47.4 Å². The smallest absolute Gasteiger partial charge is 0.309 e. The Morgan fingerprint density at radius 1 is 1.06 bits per heavy atom. The molecule has 1 spiro atoms. The predicted octanol–water partition coefficient (Wildman–Crippen LogP) is 4.46. The summed E-state index contributed by atoms with van der Waals surface area (Å²) in [6.45, 7) is 0.870. The van der Waals surface area contributed by atoms with Crippen LogP contribution in [0.4, 0.5) is 0 Å². The van der Waals surface area contributed by atoms with E-state index >= 15 is 0 Å². The Balaban J connectivity index is 1.56. The van der Waals surface area contributed by atoms with Gasteiger partial charge in [-0.1, -0.05) is 30.3 Å². The van der Waals surface area contributed by atoms with E-state index in [1.54, 1.807) is 14.2 Å². The van der Waals surface area contributed by atoms with Crippen LogP contribution in [0.5, 0.6) is 11.5 Å². The first-order chi connectivity index (χ1) is 16.0. The summed E-state index contributed by atoms with van der Waals surface area (Å²) in [5.74, 6) is 0.821. The van der Waals surface area contributed by atoms with Crippen LogP contribution in [-0.4, -0.2) is 43.4 Å². The highest BCUT2D eigenvalue weighted by atomic mass is 35.5. The molecule has 0 saturated heterocycles. The van der Waals surface area contributed by atoms with Crippen molar-refractivity contribution in [3.63, 3.8) is 0 Å². The lowest BCUT2D eigenvalue weighted by atomic mass is 9.68. The fourth-order valence-electron chi connectivity index (χ4n) is 5.31. The third-order valence-corrected chi connectivity index (χ3v) is 7.25. The molecule has 0 unspecified atom stereocenters. The molecule has 33 heavy (non-hydrogen) atoms. The molecule has 6 nitrogen and oxygen atoms in total. The highest BCUT2D eigenvalue weighted by molar-refractivity contribution is 6.27. The number of carbonyl (C=O) groups excluding carboxylic acids is 2. The molecular formula is C26H30ClNO5. The van der Waals surface area contributed by atoms with Crippen LogP contribution in [0.1, 0.15) is 42.4 Å². The highest BCUT2D eigenvalue weighted by Crippen LogP contribution is 2.50. The maximum Gasteiger partial charge on any atom is 0.309 e. The minimum Gasteiger partial charge on any atom is -0.493 e. The lowest BCUT2D eigenvalue weighted by Crippen LogP contribution is -2.55. The Kier molecular flexibility index (Phi) is 7.13. The zero-order chi connectivity index (χ0) is 23.4. The number of benzene rings is 2. The Labute approximate surface area is 199 Å².